The van der Waals surface area contributed by atoms with Crippen LogP contribution in [0, 0.1) is 0 Å². The highest BCUT2D eigenvalue weighted by atomic mass is 16.2. The Morgan fingerprint density at radius 2 is 2.06 bits per heavy atom. The van der Waals surface area contributed by atoms with Gasteiger partial charge in [-0.1, -0.05) is 25.1 Å². The normalized spacial score (nSPS) is 19.4. The van der Waals surface area contributed by atoms with Crippen LogP contribution in [0.25, 0.3) is 0 Å². The molecule has 1 aliphatic heterocycles. The Hall–Kier alpha value is -1.35. The number of carbonyl (C=O) groups is 1. The zero-order chi connectivity index (χ0) is 11.8. The molecule has 16 heavy (non-hydrogen) atoms. The first kappa shape index (κ1) is 11.1. The van der Waals surface area contributed by atoms with Crippen LogP contribution < -0.4 is 10.6 Å². The Bertz CT molecular complexity index is 412. The van der Waals surface area contributed by atoms with Crippen molar-refractivity contribution in [2.24, 2.45) is 0 Å². The predicted molar refractivity (Wildman–Crippen MR) is 65.3 cm³/mol. The largest absolute Gasteiger partial charge is 0.324 e. The van der Waals surface area contributed by atoms with E-state index in [-0.39, 0.29) is 17.5 Å². The summed E-state index contributed by atoms with van der Waals surface area (Å²) in [6.07, 6.45) is 0.985. The minimum Gasteiger partial charge on any atom is -0.324 e. The monoisotopic (exact) mass is 218 g/mol. The van der Waals surface area contributed by atoms with Crippen LogP contribution in [0.15, 0.2) is 24.3 Å². The number of para-hydroxylation sites is 1. The van der Waals surface area contributed by atoms with Gasteiger partial charge in [0.2, 0.25) is 5.91 Å². The van der Waals surface area contributed by atoms with E-state index >= 15 is 0 Å². The highest BCUT2D eigenvalue weighted by Gasteiger charge is 2.33. The zero-order valence-electron chi connectivity index (χ0n) is 10.0. The molecule has 0 saturated heterocycles. The fourth-order valence-corrected chi connectivity index (χ4v) is 1.84. The Morgan fingerprint density at radius 1 is 1.38 bits per heavy atom. The van der Waals surface area contributed by atoms with Gasteiger partial charge in [-0.25, -0.2) is 0 Å². The second kappa shape index (κ2) is 3.91. The highest BCUT2D eigenvalue weighted by Crippen LogP contribution is 2.31. The van der Waals surface area contributed by atoms with Crippen molar-refractivity contribution < 1.29 is 4.79 Å². The van der Waals surface area contributed by atoms with E-state index in [0.717, 1.165) is 17.7 Å². The van der Waals surface area contributed by atoms with Crippen LogP contribution in [0.5, 0.6) is 0 Å². The molecule has 0 radical (unpaired) electrons. The van der Waals surface area contributed by atoms with E-state index in [9.17, 15) is 4.79 Å². The second-order valence-electron chi connectivity index (χ2n) is 4.89. The molecule has 2 rings (SSSR count). The van der Waals surface area contributed by atoms with Crippen LogP contribution in [-0.2, 0) is 4.79 Å². The summed E-state index contributed by atoms with van der Waals surface area (Å²) in [5.41, 5.74) is 1.95. The molecule has 1 aromatic carbocycles. The Morgan fingerprint density at radius 3 is 2.75 bits per heavy atom. The van der Waals surface area contributed by atoms with Gasteiger partial charge in [0.1, 0.15) is 6.04 Å². The van der Waals surface area contributed by atoms with Crippen molar-refractivity contribution >= 4 is 11.6 Å². The molecule has 0 bridgehead atoms. The van der Waals surface area contributed by atoms with Crippen molar-refractivity contribution in [3.8, 4) is 0 Å². The van der Waals surface area contributed by atoms with E-state index in [0.29, 0.717) is 0 Å². The summed E-state index contributed by atoms with van der Waals surface area (Å²) >= 11 is 0. The molecule has 1 unspecified atom stereocenters. The molecule has 1 aliphatic rings. The first-order valence-electron chi connectivity index (χ1n) is 5.71. The van der Waals surface area contributed by atoms with Gasteiger partial charge in [-0.3, -0.25) is 10.1 Å². The van der Waals surface area contributed by atoms with Gasteiger partial charge in [0, 0.05) is 16.8 Å². The summed E-state index contributed by atoms with van der Waals surface area (Å²) < 4.78 is 0. The van der Waals surface area contributed by atoms with Gasteiger partial charge < -0.3 is 5.32 Å². The number of hydrogen-bond acceptors (Lipinski definition) is 2. The molecule has 1 heterocycles. The smallest absolute Gasteiger partial charge is 0.246 e. The van der Waals surface area contributed by atoms with Crippen molar-refractivity contribution in [1.82, 2.24) is 5.32 Å². The first-order chi connectivity index (χ1) is 7.53. The fourth-order valence-electron chi connectivity index (χ4n) is 1.84. The predicted octanol–water partition coefficient (Wildman–Crippen LogP) is 2.46. The lowest BCUT2D eigenvalue weighted by Gasteiger charge is -2.28. The fraction of sp³-hybridized carbons (Fsp3) is 0.462. The number of hydrogen-bond donors (Lipinski definition) is 2. The Kier molecular flexibility index (Phi) is 2.72. The number of rotatable bonds is 3. The van der Waals surface area contributed by atoms with Crippen LogP contribution in [0.2, 0.25) is 0 Å². The summed E-state index contributed by atoms with van der Waals surface area (Å²) in [5, 5.41) is 6.29. The lowest BCUT2D eigenvalue weighted by molar-refractivity contribution is -0.118. The van der Waals surface area contributed by atoms with Crippen molar-refractivity contribution in [1.29, 1.82) is 0 Å². The third-order valence-electron chi connectivity index (χ3n) is 3.21. The molecular weight excluding hydrogens is 200 g/mol. The molecule has 1 atom stereocenters. The molecule has 1 amide bonds. The molecule has 0 aliphatic carbocycles. The average molecular weight is 218 g/mol. The van der Waals surface area contributed by atoms with E-state index in [1.807, 2.05) is 24.3 Å². The van der Waals surface area contributed by atoms with Gasteiger partial charge >= 0.3 is 0 Å². The van der Waals surface area contributed by atoms with Crippen molar-refractivity contribution in [2.75, 3.05) is 5.32 Å². The van der Waals surface area contributed by atoms with Gasteiger partial charge in [-0.15, -0.1) is 0 Å². The molecule has 3 nitrogen and oxygen atoms in total. The van der Waals surface area contributed by atoms with Crippen molar-refractivity contribution in [3.05, 3.63) is 29.8 Å². The van der Waals surface area contributed by atoms with Crippen molar-refractivity contribution in [2.45, 2.75) is 38.8 Å². The topological polar surface area (TPSA) is 41.1 Å². The maximum Gasteiger partial charge on any atom is 0.246 e. The lowest BCUT2D eigenvalue weighted by Crippen LogP contribution is -2.43. The van der Waals surface area contributed by atoms with Gasteiger partial charge in [-0.2, -0.15) is 0 Å². The number of fused-ring (bicyclic) bond motifs is 1. The van der Waals surface area contributed by atoms with E-state index < -0.39 is 0 Å². The minimum atomic E-state index is -0.217. The van der Waals surface area contributed by atoms with Crippen LogP contribution in [0.4, 0.5) is 5.69 Å². The van der Waals surface area contributed by atoms with Crippen LogP contribution in [0.1, 0.15) is 38.8 Å². The highest BCUT2D eigenvalue weighted by molar-refractivity contribution is 6.02. The number of amides is 1. The number of anilines is 1. The number of benzene rings is 1. The minimum absolute atomic E-state index is 0.0283. The quantitative estimate of drug-likeness (QED) is 0.818. The first-order valence-corrected chi connectivity index (χ1v) is 5.71. The zero-order valence-corrected chi connectivity index (χ0v) is 10.0. The molecule has 0 fully saturated rings. The number of nitrogens with one attached hydrogen (secondary N) is 2. The number of carbonyl (C=O) groups excluding carboxylic acids is 1. The van der Waals surface area contributed by atoms with Gasteiger partial charge in [0.05, 0.1) is 0 Å². The molecule has 0 spiro atoms. The molecule has 0 saturated carbocycles. The third-order valence-corrected chi connectivity index (χ3v) is 3.21. The third kappa shape index (κ3) is 1.95. The van der Waals surface area contributed by atoms with E-state index in [4.69, 9.17) is 0 Å². The van der Waals surface area contributed by atoms with Gasteiger partial charge in [-0.05, 0) is 26.3 Å². The Balaban J connectivity index is 2.26. The van der Waals surface area contributed by atoms with E-state index in [1.165, 1.54) is 0 Å². The summed E-state index contributed by atoms with van der Waals surface area (Å²) in [6.45, 7) is 6.34. The second-order valence-corrected chi connectivity index (χ2v) is 4.89. The molecule has 2 N–H and O–H groups in total. The lowest BCUT2D eigenvalue weighted by atomic mass is 9.98. The molecule has 86 valence electrons. The van der Waals surface area contributed by atoms with E-state index in [2.05, 4.69) is 31.4 Å². The van der Waals surface area contributed by atoms with Crippen LogP contribution in [0.3, 0.4) is 0 Å². The summed E-state index contributed by atoms with van der Waals surface area (Å²) in [4.78, 5) is 11.9. The SMILES string of the molecule is CCC(C)(C)NC1C(=O)Nc2ccccc21. The van der Waals surface area contributed by atoms with Gasteiger partial charge in [0.15, 0.2) is 0 Å². The summed E-state index contributed by atoms with van der Waals surface area (Å²) in [5.74, 6) is 0.0442. The van der Waals surface area contributed by atoms with Crippen LogP contribution >= 0.6 is 0 Å². The van der Waals surface area contributed by atoms with Crippen molar-refractivity contribution in [3.63, 3.8) is 0 Å². The van der Waals surface area contributed by atoms with E-state index in [1.54, 1.807) is 0 Å². The molecule has 3 heteroatoms. The Labute approximate surface area is 96.2 Å². The maximum absolute atomic E-state index is 11.9. The summed E-state index contributed by atoms with van der Waals surface area (Å²) in [6, 6.07) is 7.62. The molecule has 0 aromatic heterocycles. The maximum atomic E-state index is 11.9. The molecular formula is C13H18N2O. The van der Waals surface area contributed by atoms with Crippen LogP contribution in [-0.4, -0.2) is 11.4 Å². The average Bonchev–Trinajstić information content (AvgIpc) is 2.56. The molecule has 1 aromatic rings. The summed E-state index contributed by atoms with van der Waals surface area (Å²) in [7, 11) is 0. The van der Waals surface area contributed by atoms with Gasteiger partial charge in [0.25, 0.3) is 0 Å². The standard InChI is InChI=1S/C13H18N2O/c1-4-13(2,3)15-11-9-7-5-6-8-10(9)14-12(11)16/h5-8,11,15H,4H2,1-3H3,(H,14,16).